The molecule has 0 saturated heterocycles. The Morgan fingerprint density at radius 2 is 2.00 bits per heavy atom. The predicted octanol–water partition coefficient (Wildman–Crippen LogP) is 1.73. The lowest BCUT2D eigenvalue weighted by Crippen LogP contribution is -2.48. The topological polar surface area (TPSA) is 12.4 Å². The van der Waals surface area contributed by atoms with Crippen LogP contribution in [0.25, 0.3) is 0 Å². The Hall–Kier alpha value is -1.15. The van der Waals surface area contributed by atoms with E-state index in [-0.39, 0.29) is 0 Å². The zero-order valence-electron chi connectivity index (χ0n) is 7.32. The molecule has 0 radical (unpaired) electrons. The Balaban J connectivity index is 2.71. The van der Waals surface area contributed by atoms with E-state index in [0.717, 1.165) is 24.1 Å². The van der Waals surface area contributed by atoms with Crippen molar-refractivity contribution in [1.29, 1.82) is 0 Å². The van der Waals surface area contributed by atoms with E-state index >= 15 is 0 Å². The summed E-state index contributed by atoms with van der Waals surface area (Å²) in [6, 6.07) is 0. The van der Waals surface area contributed by atoms with Crippen molar-refractivity contribution >= 4 is 6.34 Å². The van der Waals surface area contributed by atoms with Crippen LogP contribution in [0.2, 0.25) is 0 Å². The van der Waals surface area contributed by atoms with Crippen molar-refractivity contribution in [2.24, 2.45) is 4.99 Å². The number of nitrogens with zero attached hydrogens (tertiary/aromatic N) is 2. The molecule has 0 fully saturated rings. The quantitative estimate of drug-likeness (QED) is 0.442. The number of rotatable bonds is 4. The lowest BCUT2D eigenvalue weighted by Gasteiger charge is -2.31. The molecule has 0 N–H and O–H groups in total. The Labute approximate surface area is 73.8 Å². The molecule has 0 aromatic heterocycles. The van der Waals surface area contributed by atoms with Gasteiger partial charge in [-0.15, -0.1) is 0 Å². The van der Waals surface area contributed by atoms with Gasteiger partial charge in [0.05, 0.1) is 0 Å². The molecule has 1 heterocycles. The molecule has 0 saturated carbocycles. The first kappa shape index (κ1) is 8.94. The van der Waals surface area contributed by atoms with Crippen molar-refractivity contribution in [3.8, 4) is 0 Å². The second-order valence-corrected chi connectivity index (χ2v) is 2.99. The van der Waals surface area contributed by atoms with Crippen LogP contribution in [0.1, 0.15) is 0 Å². The van der Waals surface area contributed by atoms with Gasteiger partial charge in [-0.1, -0.05) is 13.2 Å². The van der Waals surface area contributed by atoms with Crippen molar-refractivity contribution in [1.82, 2.24) is 0 Å². The smallest absolute Gasteiger partial charge is 0.190 e. The fourth-order valence-corrected chi connectivity index (χ4v) is 1.38. The zero-order valence-corrected chi connectivity index (χ0v) is 7.32. The van der Waals surface area contributed by atoms with Crippen molar-refractivity contribution in [2.45, 2.75) is 0 Å². The summed E-state index contributed by atoms with van der Waals surface area (Å²) in [7, 11) is 0. The number of quaternary nitrogens is 1. The van der Waals surface area contributed by atoms with Gasteiger partial charge < -0.3 is 0 Å². The summed E-state index contributed by atoms with van der Waals surface area (Å²) in [5.74, 6) is 0. The van der Waals surface area contributed by atoms with Gasteiger partial charge in [0.1, 0.15) is 19.6 Å². The highest BCUT2D eigenvalue weighted by molar-refractivity contribution is 5.49. The molecule has 1 rings (SSSR count). The van der Waals surface area contributed by atoms with Gasteiger partial charge >= 0.3 is 0 Å². The molecular weight excluding hydrogens is 148 g/mol. The summed E-state index contributed by atoms with van der Waals surface area (Å²) in [6.07, 6.45) is 9.72. The first-order valence-corrected chi connectivity index (χ1v) is 4.10. The van der Waals surface area contributed by atoms with E-state index in [0.29, 0.717) is 0 Å². The molecule has 64 valence electrons. The van der Waals surface area contributed by atoms with Crippen LogP contribution in [-0.2, 0) is 0 Å². The fourth-order valence-electron chi connectivity index (χ4n) is 1.38. The van der Waals surface area contributed by atoms with Gasteiger partial charge in [-0.05, 0) is 18.2 Å². The third-order valence-electron chi connectivity index (χ3n) is 1.96. The van der Waals surface area contributed by atoms with Crippen molar-refractivity contribution in [3.63, 3.8) is 0 Å². The van der Waals surface area contributed by atoms with Crippen LogP contribution in [-0.4, -0.2) is 30.5 Å². The summed E-state index contributed by atoms with van der Waals surface area (Å²) in [6.45, 7) is 10.3. The van der Waals surface area contributed by atoms with Crippen molar-refractivity contribution in [2.75, 3.05) is 19.6 Å². The number of hydrogen-bond acceptors (Lipinski definition) is 1. The summed E-state index contributed by atoms with van der Waals surface area (Å²) >= 11 is 0. The van der Waals surface area contributed by atoms with E-state index in [1.165, 1.54) is 0 Å². The molecule has 0 aromatic rings. The molecule has 1 aliphatic rings. The van der Waals surface area contributed by atoms with Crippen molar-refractivity contribution in [3.05, 3.63) is 37.6 Å². The third-order valence-corrected chi connectivity index (χ3v) is 1.96. The van der Waals surface area contributed by atoms with Crippen LogP contribution >= 0.6 is 0 Å². The second kappa shape index (κ2) is 4.02. The highest BCUT2D eigenvalue weighted by Crippen LogP contribution is 2.08. The SMILES string of the molecule is C=CC[N+]1(CC=C)C=NC=CC1. The largest absolute Gasteiger partial charge is 0.271 e. The summed E-state index contributed by atoms with van der Waals surface area (Å²) in [5, 5.41) is 0. The van der Waals surface area contributed by atoms with E-state index in [4.69, 9.17) is 0 Å². The van der Waals surface area contributed by atoms with E-state index in [9.17, 15) is 0 Å². The first-order valence-electron chi connectivity index (χ1n) is 4.10. The second-order valence-electron chi connectivity index (χ2n) is 2.99. The summed E-state index contributed by atoms with van der Waals surface area (Å²) in [4.78, 5) is 4.14. The lowest BCUT2D eigenvalue weighted by atomic mass is 10.3. The molecule has 0 spiro atoms. The van der Waals surface area contributed by atoms with Gasteiger partial charge in [0, 0.05) is 6.20 Å². The Morgan fingerprint density at radius 3 is 2.42 bits per heavy atom. The minimum atomic E-state index is 0.823. The molecule has 0 aliphatic carbocycles. The van der Waals surface area contributed by atoms with E-state index < -0.39 is 0 Å². The van der Waals surface area contributed by atoms with E-state index in [1.54, 1.807) is 0 Å². The van der Waals surface area contributed by atoms with E-state index in [2.05, 4.69) is 24.2 Å². The maximum absolute atomic E-state index is 4.14. The van der Waals surface area contributed by atoms with Gasteiger partial charge in [0.2, 0.25) is 0 Å². The average Bonchev–Trinajstić information content (AvgIpc) is 2.07. The molecule has 2 heteroatoms. The highest BCUT2D eigenvalue weighted by Gasteiger charge is 2.22. The van der Waals surface area contributed by atoms with Crippen molar-refractivity contribution < 1.29 is 4.48 Å². The Kier molecular flexibility index (Phi) is 3.00. The number of aliphatic imine (C=N–C) groups is 1. The van der Waals surface area contributed by atoms with Crippen LogP contribution < -0.4 is 0 Å². The number of hydrogen-bond donors (Lipinski definition) is 0. The molecule has 1 aliphatic heterocycles. The van der Waals surface area contributed by atoms with Gasteiger partial charge in [0.15, 0.2) is 6.34 Å². The van der Waals surface area contributed by atoms with Crippen LogP contribution in [0.4, 0.5) is 0 Å². The monoisotopic (exact) mass is 163 g/mol. The average molecular weight is 163 g/mol. The maximum atomic E-state index is 4.14. The standard InChI is InChI=1S/C10H15N2/c1-3-7-12(8-4-2)9-5-6-11-10-12/h3-6,10H,1-2,7-9H2/q+1. The molecule has 2 nitrogen and oxygen atoms in total. The summed E-state index contributed by atoms with van der Waals surface area (Å²) < 4.78 is 0.823. The molecule has 0 aromatic carbocycles. The Bertz CT molecular complexity index is 210. The lowest BCUT2D eigenvalue weighted by molar-refractivity contribution is -0.817. The Morgan fingerprint density at radius 1 is 1.33 bits per heavy atom. The van der Waals surface area contributed by atoms with Gasteiger partial charge in [-0.2, -0.15) is 0 Å². The van der Waals surface area contributed by atoms with Gasteiger partial charge in [-0.3, -0.25) is 4.48 Å². The third kappa shape index (κ3) is 1.92. The van der Waals surface area contributed by atoms with E-state index in [1.807, 2.05) is 24.7 Å². The normalized spacial score (nSPS) is 19.0. The first-order chi connectivity index (χ1) is 5.83. The molecule has 0 bridgehead atoms. The minimum Gasteiger partial charge on any atom is -0.271 e. The molecule has 12 heavy (non-hydrogen) atoms. The van der Waals surface area contributed by atoms with Crippen LogP contribution in [0, 0.1) is 0 Å². The van der Waals surface area contributed by atoms with Gasteiger partial charge in [-0.25, -0.2) is 4.99 Å². The zero-order chi connectivity index (χ0) is 8.86. The van der Waals surface area contributed by atoms with Crippen LogP contribution in [0.15, 0.2) is 42.6 Å². The molecular formula is C10H15N2+. The fraction of sp³-hybridized carbons (Fsp3) is 0.300. The molecule has 0 unspecified atom stereocenters. The summed E-state index contributed by atoms with van der Waals surface area (Å²) in [5.41, 5.74) is 0. The highest BCUT2D eigenvalue weighted by atomic mass is 15.4. The molecule has 0 atom stereocenters. The van der Waals surface area contributed by atoms with Crippen LogP contribution in [0.5, 0.6) is 0 Å². The van der Waals surface area contributed by atoms with Gasteiger partial charge in [0.25, 0.3) is 0 Å². The minimum absolute atomic E-state index is 0.823. The molecule has 0 amide bonds. The maximum Gasteiger partial charge on any atom is 0.190 e. The van der Waals surface area contributed by atoms with Crippen LogP contribution in [0.3, 0.4) is 0 Å². The predicted molar refractivity (Wildman–Crippen MR) is 52.9 cm³/mol.